The second kappa shape index (κ2) is 9.69. The summed E-state index contributed by atoms with van der Waals surface area (Å²) in [7, 11) is 1.58. The second-order valence-corrected chi connectivity index (χ2v) is 8.56. The van der Waals surface area contributed by atoms with Crippen molar-refractivity contribution in [2.75, 3.05) is 13.7 Å². The highest BCUT2D eigenvalue weighted by atomic mass is 16.5. The van der Waals surface area contributed by atoms with Gasteiger partial charge in [0, 0.05) is 18.3 Å². The minimum Gasteiger partial charge on any atom is -0.493 e. The van der Waals surface area contributed by atoms with E-state index in [4.69, 9.17) is 14.2 Å². The Morgan fingerprint density at radius 1 is 0.935 bits per heavy atom. The molecule has 6 nitrogen and oxygen atoms in total. The first kappa shape index (κ1) is 22.4. The molecule has 1 heterocycles. The summed E-state index contributed by atoms with van der Waals surface area (Å²) in [5.41, 5.74) is 2.54. The van der Waals surface area contributed by atoms with Crippen molar-refractivity contribution in [3.05, 3.63) is 76.3 Å². The molecule has 164 valence electrons. The third kappa shape index (κ3) is 6.10. The molecule has 0 fully saturated rings. The molecule has 0 aliphatic rings. The van der Waals surface area contributed by atoms with Crippen molar-refractivity contribution in [3.63, 3.8) is 0 Å². The summed E-state index contributed by atoms with van der Waals surface area (Å²) in [5.74, 6) is 1.48. The Morgan fingerprint density at radius 2 is 1.65 bits per heavy atom. The SMILES string of the molecule is CCc1ccc(COc2ccn(-c3ccc(OCC(C)(C)C)c(OC)c3)c(=O)n2)cc1. The van der Waals surface area contributed by atoms with Gasteiger partial charge in [0.05, 0.1) is 19.4 Å². The van der Waals surface area contributed by atoms with E-state index in [1.54, 1.807) is 37.6 Å². The topological polar surface area (TPSA) is 62.6 Å². The van der Waals surface area contributed by atoms with Crippen LogP contribution >= 0.6 is 0 Å². The summed E-state index contributed by atoms with van der Waals surface area (Å²) in [6.07, 6.45) is 2.64. The van der Waals surface area contributed by atoms with E-state index >= 15 is 0 Å². The largest absolute Gasteiger partial charge is 0.493 e. The number of aryl methyl sites for hydroxylation is 1. The minimum atomic E-state index is -0.427. The molecule has 0 saturated heterocycles. The minimum absolute atomic E-state index is 0.0262. The van der Waals surface area contributed by atoms with E-state index in [2.05, 4.69) is 44.8 Å². The lowest BCUT2D eigenvalue weighted by atomic mass is 9.99. The molecule has 0 atom stereocenters. The van der Waals surface area contributed by atoms with Crippen LogP contribution in [0.5, 0.6) is 17.4 Å². The fraction of sp³-hybridized carbons (Fsp3) is 0.360. The number of ether oxygens (including phenoxy) is 3. The summed E-state index contributed by atoms with van der Waals surface area (Å²) in [4.78, 5) is 16.6. The van der Waals surface area contributed by atoms with Gasteiger partial charge in [-0.3, -0.25) is 4.57 Å². The normalized spacial score (nSPS) is 11.3. The average Bonchev–Trinajstić information content (AvgIpc) is 2.76. The van der Waals surface area contributed by atoms with Gasteiger partial charge in [-0.1, -0.05) is 52.0 Å². The summed E-state index contributed by atoms with van der Waals surface area (Å²) >= 11 is 0. The Labute approximate surface area is 183 Å². The lowest BCUT2D eigenvalue weighted by Gasteiger charge is -2.20. The zero-order chi connectivity index (χ0) is 22.4. The van der Waals surface area contributed by atoms with Gasteiger partial charge in [-0.05, 0) is 35.1 Å². The Morgan fingerprint density at radius 3 is 2.26 bits per heavy atom. The van der Waals surface area contributed by atoms with Crippen LogP contribution in [0.1, 0.15) is 38.8 Å². The van der Waals surface area contributed by atoms with Crippen molar-refractivity contribution >= 4 is 0 Å². The number of rotatable bonds is 8. The van der Waals surface area contributed by atoms with Gasteiger partial charge in [0.2, 0.25) is 5.88 Å². The average molecular weight is 423 g/mol. The molecule has 0 N–H and O–H groups in total. The predicted octanol–water partition coefficient (Wildman–Crippen LogP) is 4.81. The van der Waals surface area contributed by atoms with Crippen LogP contribution in [0.2, 0.25) is 0 Å². The summed E-state index contributed by atoms with van der Waals surface area (Å²) in [5, 5.41) is 0. The van der Waals surface area contributed by atoms with Crippen LogP contribution < -0.4 is 19.9 Å². The molecule has 0 unspecified atom stereocenters. The van der Waals surface area contributed by atoms with Crippen molar-refractivity contribution in [3.8, 4) is 23.1 Å². The molecule has 0 bridgehead atoms. The Bertz CT molecular complexity index is 1070. The smallest absolute Gasteiger partial charge is 0.355 e. The summed E-state index contributed by atoms with van der Waals surface area (Å²) < 4.78 is 18.5. The molecule has 3 rings (SSSR count). The maximum atomic E-state index is 12.6. The highest BCUT2D eigenvalue weighted by Gasteiger charge is 2.14. The maximum Gasteiger partial charge on any atom is 0.355 e. The first-order valence-corrected chi connectivity index (χ1v) is 10.4. The van der Waals surface area contributed by atoms with E-state index in [9.17, 15) is 4.79 Å². The number of aromatic nitrogens is 2. The van der Waals surface area contributed by atoms with Crippen molar-refractivity contribution in [1.29, 1.82) is 0 Å². The second-order valence-electron chi connectivity index (χ2n) is 8.56. The van der Waals surface area contributed by atoms with Crippen molar-refractivity contribution in [1.82, 2.24) is 9.55 Å². The van der Waals surface area contributed by atoms with Crippen molar-refractivity contribution < 1.29 is 14.2 Å². The van der Waals surface area contributed by atoms with Crippen LogP contribution in [-0.4, -0.2) is 23.3 Å². The lowest BCUT2D eigenvalue weighted by Crippen LogP contribution is -2.21. The van der Waals surface area contributed by atoms with Crippen LogP contribution in [-0.2, 0) is 13.0 Å². The first-order chi connectivity index (χ1) is 14.8. The molecule has 0 aliphatic heterocycles. The number of benzene rings is 2. The third-order valence-electron chi connectivity index (χ3n) is 4.68. The molecule has 1 aromatic heterocycles. The van der Waals surface area contributed by atoms with Crippen molar-refractivity contribution in [2.45, 2.75) is 40.7 Å². The zero-order valence-electron chi connectivity index (χ0n) is 18.8. The van der Waals surface area contributed by atoms with E-state index in [1.165, 1.54) is 10.1 Å². The number of hydrogen-bond acceptors (Lipinski definition) is 5. The molecule has 31 heavy (non-hydrogen) atoms. The zero-order valence-corrected chi connectivity index (χ0v) is 18.8. The third-order valence-corrected chi connectivity index (χ3v) is 4.68. The van der Waals surface area contributed by atoms with E-state index in [0.29, 0.717) is 30.4 Å². The van der Waals surface area contributed by atoms with Gasteiger partial charge < -0.3 is 14.2 Å². The van der Waals surface area contributed by atoms with E-state index < -0.39 is 5.69 Å². The van der Waals surface area contributed by atoms with Gasteiger partial charge >= 0.3 is 5.69 Å². The van der Waals surface area contributed by atoms with Crippen LogP contribution in [0, 0.1) is 5.41 Å². The quantitative estimate of drug-likeness (QED) is 0.521. The molecule has 0 saturated carbocycles. The van der Waals surface area contributed by atoms with Crippen LogP contribution in [0.15, 0.2) is 59.5 Å². The summed E-state index contributed by atoms with van der Waals surface area (Å²) in [6, 6.07) is 15.2. The number of nitrogens with zero attached hydrogens (tertiary/aromatic N) is 2. The standard InChI is InChI=1S/C25H30N2O4/c1-6-18-7-9-19(10-8-18)16-30-23-13-14-27(24(28)26-23)20-11-12-21(22(15-20)29-5)31-17-25(2,3)4/h7-15H,6,16-17H2,1-5H3. The molecular weight excluding hydrogens is 392 g/mol. The van der Waals surface area contributed by atoms with Gasteiger partial charge in [-0.25, -0.2) is 4.79 Å². The van der Waals surface area contributed by atoms with E-state index in [-0.39, 0.29) is 11.3 Å². The Hall–Kier alpha value is -3.28. The molecule has 0 spiro atoms. The molecular formula is C25H30N2O4. The van der Waals surface area contributed by atoms with Gasteiger partial charge in [-0.2, -0.15) is 4.98 Å². The predicted molar refractivity (Wildman–Crippen MR) is 121 cm³/mol. The van der Waals surface area contributed by atoms with Crippen molar-refractivity contribution in [2.24, 2.45) is 5.41 Å². The molecule has 0 radical (unpaired) electrons. The Balaban J connectivity index is 1.73. The maximum absolute atomic E-state index is 12.6. The molecule has 3 aromatic rings. The van der Waals surface area contributed by atoms with E-state index in [1.807, 2.05) is 12.1 Å². The van der Waals surface area contributed by atoms with Gasteiger partial charge in [0.1, 0.15) is 6.61 Å². The molecule has 6 heteroatoms. The van der Waals surface area contributed by atoms with Gasteiger partial charge in [0.15, 0.2) is 11.5 Å². The van der Waals surface area contributed by atoms with Crippen LogP contribution in [0.25, 0.3) is 5.69 Å². The summed E-state index contributed by atoms with van der Waals surface area (Å²) in [6.45, 7) is 9.33. The van der Waals surface area contributed by atoms with E-state index in [0.717, 1.165) is 12.0 Å². The highest BCUT2D eigenvalue weighted by molar-refractivity contribution is 5.49. The molecule has 0 aliphatic carbocycles. The monoisotopic (exact) mass is 422 g/mol. The fourth-order valence-electron chi connectivity index (χ4n) is 2.91. The van der Waals surface area contributed by atoms with Crippen LogP contribution in [0.3, 0.4) is 0 Å². The van der Waals surface area contributed by atoms with Gasteiger partial charge in [-0.15, -0.1) is 0 Å². The molecule has 2 aromatic carbocycles. The Kier molecular flexibility index (Phi) is 7.00. The number of hydrogen-bond donors (Lipinski definition) is 0. The fourth-order valence-corrected chi connectivity index (χ4v) is 2.91. The lowest BCUT2D eigenvalue weighted by molar-refractivity contribution is 0.191. The molecule has 0 amide bonds. The highest BCUT2D eigenvalue weighted by Crippen LogP contribution is 2.30. The van der Waals surface area contributed by atoms with Gasteiger partial charge in [0.25, 0.3) is 0 Å². The van der Waals surface area contributed by atoms with Crippen LogP contribution in [0.4, 0.5) is 0 Å². The first-order valence-electron chi connectivity index (χ1n) is 10.4. The number of methoxy groups -OCH3 is 1.